The lowest BCUT2D eigenvalue weighted by molar-refractivity contribution is 0.0594. The molecule has 0 aliphatic carbocycles. The number of esters is 1. The molecule has 2 saturated heterocycles. The summed E-state index contributed by atoms with van der Waals surface area (Å²) < 4.78 is 49.5. The summed E-state index contributed by atoms with van der Waals surface area (Å²) in [6.07, 6.45) is 6.24. The molecule has 2 atom stereocenters. The lowest BCUT2D eigenvalue weighted by atomic mass is 10.1. The number of ether oxygens (including phenoxy) is 3. The summed E-state index contributed by atoms with van der Waals surface area (Å²) in [6, 6.07) is 10.5. The zero-order valence-electron chi connectivity index (χ0n) is 41.2. The van der Waals surface area contributed by atoms with E-state index in [2.05, 4.69) is 61.3 Å². The number of carbonyl (C=O) groups is 2. The SMILES string of the molecule is C.CCNC(=O)c1cc(-c2nc(N=S(C)(C)=O)cc(N3CCOC[C@H]3C)n2)cc(NC(C)(C)C)n1.COC(=O)c1cc(-c2nc(N=S(C)(C)=O)cc(N3CCOC[C@H]3C)n2)cc(NC(C)(C)C)n1. The number of hydrogen-bond donors (Lipinski definition) is 3. The van der Waals surface area contributed by atoms with Crippen LogP contribution < -0.4 is 25.8 Å². The maximum absolute atomic E-state index is 12.6. The zero-order chi connectivity index (χ0) is 49.5. The first-order valence-corrected chi connectivity index (χ1v) is 26.6. The van der Waals surface area contributed by atoms with E-state index in [1.807, 2.05) is 61.5 Å². The first kappa shape index (κ1) is 55.0. The fraction of sp³-hybridized carbons (Fsp3) is 0.565. The van der Waals surface area contributed by atoms with Gasteiger partial charge in [-0.25, -0.2) is 43.1 Å². The van der Waals surface area contributed by atoms with Crippen LogP contribution >= 0.6 is 0 Å². The lowest BCUT2D eigenvalue weighted by Crippen LogP contribution is -2.44. The van der Waals surface area contributed by atoms with E-state index < -0.39 is 25.4 Å². The van der Waals surface area contributed by atoms with E-state index in [0.29, 0.717) is 104 Å². The van der Waals surface area contributed by atoms with Crippen LogP contribution in [0.5, 0.6) is 0 Å². The van der Waals surface area contributed by atoms with Crippen LogP contribution in [0.3, 0.4) is 0 Å². The topological polar surface area (TPSA) is 241 Å². The zero-order valence-corrected chi connectivity index (χ0v) is 42.8. The van der Waals surface area contributed by atoms with Crippen LogP contribution in [0, 0.1) is 0 Å². The highest BCUT2D eigenvalue weighted by atomic mass is 32.2. The number of carbonyl (C=O) groups excluding carboxylic acids is 2. The Morgan fingerprint density at radius 1 is 0.691 bits per heavy atom. The van der Waals surface area contributed by atoms with E-state index in [1.54, 1.807) is 55.4 Å². The molecule has 374 valence electrons. The molecular weight excluding hydrogens is 911 g/mol. The van der Waals surface area contributed by atoms with Crippen molar-refractivity contribution in [3.63, 3.8) is 0 Å². The summed E-state index contributed by atoms with van der Waals surface area (Å²) in [7, 11) is -3.59. The van der Waals surface area contributed by atoms with Gasteiger partial charge in [0.25, 0.3) is 5.91 Å². The molecule has 0 aromatic carbocycles. The van der Waals surface area contributed by atoms with Gasteiger partial charge in [-0.1, -0.05) is 7.43 Å². The second kappa shape index (κ2) is 22.7. The van der Waals surface area contributed by atoms with Gasteiger partial charge in [0.1, 0.15) is 29.0 Å². The van der Waals surface area contributed by atoms with Gasteiger partial charge in [-0.15, -0.1) is 0 Å². The van der Waals surface area contributed by atoms with Gasteiger partial charge in [-0.3, -0.25) is 4.79 Å². The molecule has 3 N–H and O–H groups in total. The summed E-state index contributed by atoms with van der Waals surface area (Å²) in [6.45, 7) is 22.1. The Balaban J connectivity index is 0.000000292. The Hall–Kier alpha value is -5.58. The van der Waals surface area contributed by atoms with E-state index in [0.717, 1.165) is 0 Å². The van der Waals surface area contributed by atoms with Crippen molar-refractivity contribution in [2.24, 2.45) is 8.73 Å². The number of nitrogens with one attached hydrogen (secondary N) is 3. The van der Waals surface area contributed by atoms with Gasteiger partial charge in [-0.2, -0.15) is 8.73 Å². The molecule has 2 fully saturated rings. The van der Waals surface area contributed by atoms with Crippen LogP contribution in [0.2, 0.25) is 0 Å². The molecule has 0 radical (unpaired) electrons. The van der Waals surface area contributed by atoms with E-state index in [9.17, 15) is 18.0 Å². The highest BCUT2D eigenvalue weighted by Gasteiger charge is 2.25. The average molecular weight is 982 g/mol. The maximum Gasteiger partial charge on any atom is 0.356 e. The molecule has 68 heavy (non-hydrogen) atoms. The van der Waals surface area contributed by atoms with Gasteiger partial charge in [0.2, 0.25) is 0 Å². The molecule has 2 aliphatic heterocycles. The minimum Gasteiger partial charge on any atom is -0.464 e. The number of methoxy groups -OCH3 is 1. The monoisotopic (exact) mass is 982 g/mol. The van der Waals surface area contributed by atoms with Crippen molar-refractivity contribution >= 4 is 66.2 Å². The summed E-state index contributed by atoms with van der Waals surface area (Å²) in [4.78, 5) is 56.8. The van der Waals surface area contributed by atoms with Crippen molar-refractivity contribution in [3.8, 4) is 22.8 Å². The molecule has 6 heterocycles. The van der Waals surface area contributed by atoms with Crippen molar-refractivity contribution in [1.82, 2.24) is 35.2 Å². The molecule has 1 amide bonds. The number of rotatable bonds is 11. The molecule has 0 unspecified atom stereocenters. The number of amides is 1. The van der Waals surface area contributed by atoms with Gasteiger partial charge >= 0.3 is 5.97 Å². The van der Waals surface area contributed by atoms with Gasteiger partial charge in [0, 0.05) is 98.5 Å². The van der Waals surface area contributed by atoms with E-state index >= 15 is 0 Å². The predicted octanol–water partition coefficient (Wildman–Crippen LogP) is 6.84. The number of nitrogens with zero attached hydrogens (tertiary/aromatic N) is 10. The molecule has 20 nitrogen and oxygen atoms in total. The summed E-state index contributed by atoms with van der Waals surface area (Å²) >= 11 is 0. The highest BCUT2D eigenvalue weighted by molar-refractivity contribution is 7.92. The minimum absolute atomic E-state index is 0. The number of hydrogen-bond acceptors (Lipinski definition) is 19. The van der Waals surface area contributed by atoms with Gasteiger partial charge in [0.05, 0.1) is 45.6 Å². The lowest BCUT2D eigenvalue weighted by Gasteiger charge is -2.34. The Bertz CT molecular complexity index is 2670. The Morgan fingerprint density at radius 2 is 1.10 bits per heavy atom. The first-order valence-electron chi connectivity index (χ1n) is 22.0. The number of aromatic nitrogens is 6. The quantitative estimate of drug-likeness (QED) is 0.130. The van der Waals surface area contributed by atoms with Crippen LogP contribution in [-0.4, -0.2) is 152 Å². The fourth-order valence-corrected chi connectivity index (χ4v) is 7.96. The minimum atomic E-state index is -2.45. The van der Waals surface area contributed by atoms with Crippen LogP contribution in [0.4, 0.5) is 34.9 Å². The summed E-state index contributed by atoms with van der Waals surface area (Å²) in [5, 5.41) is 9.39. The highest BCUT2D eigenvalue weighted by Crippen LogP contribution is 2.31. The standard InChI is InChI=1S/C23H35N7O3S.C22H32N6O4S.CH4/c1-8-24-22(31)17-11-16(12-18(25-17)28-23(3,4)5)21-26-19(29-34(6,7)32)13-20(27-21)30-9-10-33-14-15(30)2;1-14-13-32-9-8-28(14)19-12-18(27-33(6,7)30)24-20(25-19)15-10-16(21(29)31-5)23-17(11-15)26-22(2,3)4;/h11-13,15H,8-10,14H2,1-7H3,(H,24,31)(H,25,28);10-12,14H,8-9,13H2,1-7H3,(H,23,26);1H4/t15-;14-;/m11./s1. The molecule has 22 heteroatoms. The summed E-state index contributed by atoms with van der Waals surface area (Å²) in [5.41, 5.74) is 1.00. The molecule has 0 spiro atoms. The van der Waals surface area contributed by atoms with Gasteiger partial charge < -0.3 is 40.0 Å². The van der Waals surface area contributed by atoms with Crippen molar-refractivity contribution in [2.75, 3.05) is 98.6 Å². The van der Waals surface area contributed by atoms with Gasteiger partial charge in [0.15, 0.2) is 29.0 Å². The fourth-order valence-electron chi connectivity index (χ4n) is 6.87. The molecule has 0 bridgehead atoms. The number of morpholine rings is 2. The predicted molar refractivity (Wildman–Crippen MR) is 273 cm³/mol. The molecule has 6 rings (SSSR count). The third kappa shape index (κ3) is 16.6. The number of pyridine rings is 2. The third-order valence-corrected chi connectivity index (χ3v) is 10.7. The second-order valence-corrected chi connectivity index (χ2v) is 24.0. The molecule has 4 aromatic heterocycles. The van der Waals surface area contributed by atoms with Crippen molar-refractivity contribution in [3.05, 3.63) is 47.8 Å². The van der Waals surface area contributed by atoms with Crippen LogP contribution in [-0.2, 0) is 33.7 Å². The Morgan fingerprint density at radius 3 is 1.47 bits per heavy atom. The van der Waals surface area contributed by atoms with Crippen LogP contribution in [0.25, 0.3) is 22.8 Å². The second-order valence-electron chi connectivity index (χ2n) is 18.9. The van der Waals surface area contributed by atoms with Crippen molar-refractivity contribution in [1.29, 1.82) is 0 Å². The van der Waals surface area contributed by atoms with E-state index in [4.69, 9.17) is 24.2 Å². The Labute approximate surface area is 403 Å². The van der Waals surface area contributed by atoms with E-state index in [1.165, 1.54) is 7.11 Å². The van der Waals surface area contributed by atoms with Crippen molar-refractivity contribution in [2.45, 2.75) is 92.9 Å². The number of anilines is 4. The van der Waals surface area contributed by atoms with Gasteiger partial charge in [-0.05, 0) is 86.6 Å². The third-order valence-electron chi connectivity index (χ3n) is 9.49. The smallest absolute Gasteiger partial charge is 0.356 e. The average Bonchev–Trinajstić information content (AvgIpc) is 3.21. The van der Waals surface area contributed by atoms with Crippen LogP contribution in [0.15, 0.2) is 45.1 Å². The van der Waals surface area contributed by atoms with Crippen molar-refractivity contribution < 1.29 is 32.2 Å². The Kier molecular flexibility index (Phi) is 18.4. The molecular formula is C46H71N13O7S2. The normalized spacial score (nSPS) is 16.6. The molecule has 2 aliphatic rings. The maximum atomic E-state index is 12.6. The largest absolute Gasteiger partial charge is 0.464 e. The van der Waals surface area contributed by atoms with Crippen LogP contribution in [0.1, 0.15) is 90.7 Å². The molecule has 0 saturated carbocycles. The van der Waals surface area contributed by atoms with E-state index in [-0.39, 0.29) is 47.9 Å². The summed E-state index contributed by atoms with van der Waals surface area (Å²) in [5.74, 6) is 2.86. The first-order chi connectivity index (χ1) is 31.2. The molecule has 4 aromatic rings.